The van der Waals surface area contributed by atoms with Crippen LogP contribution in [-0.2, 0) is 0 Å². The highest BCUT2D eigenvalue weighted by molar-refractivity contribution is 5.64. The third-order valence-corrected chi connectivity index (χ3v) is 3.29. The van der Waals surface area contributed by atoms with Gasteiger partial charge in [0.1, 0.15) is 0 Å². The summed E-state index contributed by atoms with van der Waals surface area (Å²) < 4.78 is 1.85. The van der Waals surface area contributed by atoms with Gasteiger partial charge in [0, 0.05) is 43.6 Å². The zero-order chi connectivity index (χ0) is 14.7. The first-order chi connectivity index (χ1) is 10.2. The fraction of sp³-hybridized carbons (Fsp3) is 0.118. The smallest absolute Gasteiger partial charge is 0.0666 e. The van der Waals surface area contributed by atoms with Gasteiger partial charge in [0.15, 0.2) is 0 Å². The standard InChI is InChI=1S/C17H18N4/c1-20(2)16-9-7-14(8-10-16)19-15-5-3-6-17(13-15)21-12-4-11-18-21/h3-13,19H,1-2H3. The molecule has 0 bridgehead atoms. The van der Waals surface area contributed by atoms with Crippen LogP contribution in [0.4, 0.5) is 17.1 Å². The molecule has 3 aromatic rings. The van der Waals surface area contributed by atoms with Crippen molar-refractivity contribution in [1.29, 1.82) is 0 Å². The molecular weight excluding hydrogens is 260 g/mol. The number of hydrogen-bond acceptors (Lipinski definition) is 3. The molecule has 21 heavy (non-hydrogen) atoms. The molecule has 0 aliphatic heterocycles. The Morgan fingerprint density at radius 3 is 2.43 bits per heavy atom. The van der Waals surface area contributed by atoms with Crippen LogP contribution in [-0.4, -0.2) is 23.9 Å². The van der Waals surface area contributed by atoms with E-state index in [0.717, 1.165) is 17.1 Å². The first-order valence-corrected chi connectivity index (χ1v) is 6.87. The van der Waals surface area contributed by atoms with Crippen molar-refractivity contribution in [2.45, 2.75) is 0 Å². The lowest BCUT2D eigenvalue weighted by Crippen LogP contribution is -2.08. The van der Waals surface area contributed by atoms with Gasteiger partial charge in [0.2, 0.25) is 0 Å². The second-order valence-corrected chi connectivity index (χ2v) is 5.07. The van der Waals surface area contributed by atoms with E-state index >= 15 is 0 Å². The van der Waals surface area contributed by atoms with Crippen LogP contribution in [0.25, 0.3) is 5.69 Å². The Morgan fingerprint density at radius 1 is 0.952 bits per heavy atom. The van der Waals surface area contributed by atoms with Gasteiger partial charge in [-0.1, -0.05) is 6.07 Å². The minimum atomic E-state index is 1.04. The summed E-state index contributed by atoms with van der Waals surface area (Å²) in [6, 6.07) is 18.5. The summed E-state index contributed by atoms with van der Waals surface area (Å²) >= 11 is 0. The first kappa shape index (κ1) is 13.2. The SMILES string of the molecule is CN(C)c1ccc(Nc2cccc(-n3cccn3)c2)cc1. The zero-order valence-electron chi connectivity index (χ0n) is 12.2. The molecule has 0 aliphatic carbocycles. The Bertz CT molecular complexity index is 700. The molecule has 3 rings (SSSR count). The molecule has 0 fully saturated rings. The Hall–Kier alpha value is -2.75. The highest BCUT2D eigenvalue weighted by Crippen LogP contribution is 2.21. The highest BCUT2D eigenvalue weighted by Gasteiger charge is 2.00. The van der Waals surface area contributed by atoms with E-state index in [1.54, 1.807) is 6.20 Å². The number of nitrogens with one attached hydrogen (secondary N) is 1. The molecule has 0 aliphatic rings. The van der Waals surface area contributed by atoms with Crippen LogP contribution in [0, 0.1) is 0 Å². The molecule has 4 nitrogen and oxygen atoms in total. The van der Waals surface area contributed by atoms with Crippen LogP contribution >= 0.6 is 0 Å². The Labute approximate surface area is 124 Å². The maximum absolute atomic E-state index is 4.25. The molecule has 4 heteroatoms. The summed E-state index contributed by atoms with van der Waals surface area (Å²) in [5, 5.41) is 7.66. The van der Waals surface area contributed by atoms with Gasteiger partial charge in [-0.25, -0.2) is 4.68 Å². The van der Waals surface area contributed by atoms with Crippen LogP contribution in [0.3, 0.4) is 0 Å². The fourth-order valence-corrected chi connectivity index (χ4v) is 2.16. The summed E-state index contributed by atoms with van der Waals surface area (Å²) in [4.78, 5) is 2.09. The highest BCUT2D eigenvalue weighted by atomic mass is 15.3. The average Bonchev–Trinajstić information content (AvgIpc) is 3.02. The Kier molecular flexibility index (Phi) is 3.60. The van der Waals surface area contributed by atoms with Crippen molar-refractivity contribution in [2.75, 3.05) is 24.3 Å². The summed E-state index contributed by atoms with van der Waals surface area (Å²) in [5.41, 5.74) is 4.33. The van der Waals surface area contributed by atoms with Crippen LogP contribution in [0.5, 0.6) is 0 Å². The minimum absolute atomic E-state index is 1.04. The second-order valence-electron chi connectivity index (χ2n) is 5.07. The van der Waals surface area contributed by atoms with Gasteiger partial charge in [0.25, 0.3) is 0 Å². The molecule has 0 spiro atoms. The van der Waals surface area contributed by atoms with Gasteiger partial charge >= 0.3 is 0 Å². The Morgan fingerprint density at radius 2 is 1.76 bits per heavy atom. The van der Waals surface area contributed by atoms with E-state index in [-0.39, 0.29) is 0 Å². The fourth-order valence-electron chi connectivity index (χ4n) is 2.16. The van der Waals surface area contributed by atoms with E-state index in [0.29, 0.717) is 0 Å². The number of rotatable bonds is 4. The molecule has 0 radical (unpaired) electrons. The van der Waals surface area contributed by atoms with Gasteiger partial charge in [-0.3, -0.25) is 0 Å². The van der Waals surface area contributed by atoms with Crippen molar-refractivity contribution < 1.29 is 0 Å². The van der Waals surface area contributed by atoms with Crippen LogP contribution in [0.1, 0.15) is 0 Å². The van der Waals surface area contributed by atoms with Crippen molar-refractivity contribution in [3.05, 3.63) is 67.0 Å². The lowest BCUT2D eigenvalue weighted by atomic mass is 10.2. The van der Waals surface area contributed by atoms with Crippen LogP contribution in [0.15, 0.2) is 67.0 Å². The second kappa shape index (κ2) is 5.71. The van der Waals surface area contributed by atoms with Crippen molar-refractivity contribution in [2.24, 2.45) is 0 Å². The van der Waals surface area contributed by atoms with Crippen molar-refractivity contribution in [3.8, 4) is 5.69 Å². The molecule has 1 N–H and O–H groups in total. The molecule has 0 unspecified atom stereocenters. The predicted molar refractivity (Wildman–Crippen MR) is 87.6 cm³/mol. The first-order valence-electron chi connectivity index (χ1n) is 6.87. The summed E-state index contributed by atoms with van der Waals surface area (Å²) in [7, 11) is 4.08. The van der Waals surface area contributed by atoms with E-state index in [1.165, 1.54) is 5.69 Å². The average molecular weight is 278 g/mol. The molecule has 1 heterocycles. The van der Waals surface area contributed by atoms with Crippen LogP contribution in [0.2, 0.25) is 0 Å². The number of nitrogens with zero attached hydrogens (tertiary/aromatic N) is 3. The topological polar surface area (TPSA) is 33.1 Å². The third-order valence-electron chi connectivity index (χ3n) is 3.29. The van der Waals surface area contributed by atoms with Crippen LogP contribution < -0.4 is 10.2 Å². The lowest BCUT2D eigenvalue weighted by molar-refractivity contribution is 0.881. The predicted octanol–water partition coefficient (Wildman–Crippen LogP) is 3.68. The van der Waals surface area contributed by atoms with Gasteiger partial charge < -0.3 is 10.2 Å². The monoisotopic (exact) mass is 278 g/mol. The summed E-state index contributed by atoms with van der Waals surface area (Å²) in [6.07, 6.45) is 3.71. The molecule has 106 valence electrons. The van der Waals surface area contributed by atoms with E-state index in [4.69, 9.17) is 0 Å². The van der Waals surface area contributed by atoms with E-state index < -0.39 is 0 Å². The quantitative estimate of drug-likeness (QED) is 0.790. The van der Waals surface area contributed by atoms with E-state index in [2.05, 4.69) is 45.6 Å². The number of anilines is 3. The largest absolute Gasteiger partial charge is 0.378 e. The Balaban J connectivity index is 1.80. The minimum Gasteiger partial charge on any atom is -0.378 e. The van der Waals surface area contributed by atoms with E-state index in [9.17, 15) is 0 Å². The number of aromatic nitrogens is 2. The molecule has 0 saturated heterocycles. The van der Waals surface area contributed by atoms with Crippen molar-refractivity contribution in [3.63, 3.8) is 0 Å². The molecule has 0 saturated carbocycles. The molecule has 1 aromatic heterocycles. The van der Waals surface area contributed by atoms with Crippen molar-refractivity contribution in [1.82, 2.24) is 9.78 Å². The van der Waals surface area contributed by atoms with Gasteiger partial charge in [-0.05, 0) is 48.5 Å². The maximum Gasteiger partial charge on any atom is 0.0666 e. The molecule has 0 atom stereocenters. The zero-order valence-corrected chi connectivity index (χ0v) is 12.2. The van der Waals surface area contributed by atoms with Crippen molar-refractivity contribution >= 4 is 17.1 Å². The van der Waals surface area contributed by atoms with Gasteiger partial charge in [0.05, 0.1) is 5.69 Å². The maximum atomic E-state index is 4.25. The normalized spacial score (nSPS) is 10.4. The molecular formula is C17H18N4. The third kappa shape index (κ3) is 3.05. The number of benzene rings is 2. The number of hydrogen-bond donors (Lipinski definition) is 1. The van der Waals surface area contributed by atoms with Gasteiger partial charge in [-0.2, -0.15) is 5.10 Å². The lowest BCUT2D eigenvalue weighted by Gasteiger charge is -2.13. The summed E-state index contributed by atoms with van der Waals surface area (Å²) in [6.45, 7) is 0. The molecule has 2 aromatic carbocycles. The molecule has 0 amide bonds. The summed E-state index contributed by atoms with van der Waals surface area (Å²) in [5.74, 6) is 0. The van der Waals surface area contributed by atoms with E-state index in [1.807, 2.05) is 49.2 Å². The van der Waals surface area contributed by atoms with Gasteiger partial charge in [-0.15, -0.1) is 0 Å².